The molecule has 5 heteroatoms. The van der Waals surface area contributed by atoms with Gasteiger partial charge in [-0.25, -0.2) is 9.97 Å². The fourth-order valence-corrected chi connectivity index (χ4v) is 2.88. The summed E-state index contributed by atoms with van der Waals surface area (Å²) in [4.78, 5) is 17.0. The summed E-state index contributed by atoms with van der Waals surface area (Å²) in [6, 6.07) is 10.4. The molecule has 0 atom stereocenters. The van der Waals surface area contributed by atoms with Gasteiger partial charge in [0, 0.05) is 55.2 Å². The quantitative estimate of drug-likeness (QED) is 0.788. The van der Waals surface area contributed by atoms with Crippen molar-refractivity contribution in [1.29, 1.82) is 0 Å². The van der Waals surface area contributed by atoms with Crippen LogP contribution in [0.2, 0.25) is 0 Å². The highest BCUT2D eigenvalue weighted by Gasteiger charge is 2.15. The zero-order valence-corrected chi connectivity index (χ0v) is 12.7. The summed E-state index contributed by atoms with van der Waals surface area (Å²) < 4.78 is 0. The minimum absolute atomic E-state index is 0.917. The van der Waals surface area contributed by atoms with Crippen LogP contribution in [-0.2, 0) is 0 Å². The van der Waals surface area contributed by atoms with Crippen LogP contribution < -0.4 is 4.90 Å². The zero-order chi connectivity index (χ0) is 14.9. The van der Waals surface area contributed by atoms with Crippen LogP contribution >= 0.6 is 0 Å². The van der Waals surface area contributed by atoms with Crippen molar-refractivity contribution in [3.63, 3.8) is 0 Å². The molecule has 4 rings (SSSR count). The van der Waals surface area contributed by atoms with Gasteiger partial charge < -0.3 is 14.8 Å². The predicted octanol–water partition coefficient (Wildman–Crippen LogP) is 2.38. The second-order valence-electron chi connectivity index (χ2n) is 5.82. The average molecular weight is 293 g/mol. The number of aromatic amines is 1. The number of nitrogens with one attached hydrogen (secondary N) is 1. The molecule has 1 N–H and O–H groups in total. The van der Waals surface area contributed by atoms with Crippen LogP contribution in [0.3, 0.4) is 0 Å². The number of hydrogen-bond donors (Lipinski definition) is 1. The third kappa shape index (κ3) is 2.44. The summed E-state index contributed by atoms with van der Waals surface area (Å²) >= 11 is 0. The molecule has 1 fully saturated rings. The molecule has 0 saturated carbocycles. The number of H-pyrrole nitrogens is 1. The molecule has 0 aromatic carbocycles. The van der Waals surface area contributed by atoms with Crippen LogP contribution in [0.25, 0.3) is 22.3 Å². The molecular weight excluding hydrogens is 274 g/mol. The molecule has 1 aliphatic rings. The fourth-order valence-electron chi connectivity index (χ4n) is 2.88. The van der Waals surface area contributed by atoms with Crippen molar-refractivity contribution in [1.82, 2.24) is 19.9 Å². The second kappa shape index (κ2) is 5.42. The summed E-state index contributed by atoms with van der Waals surface area (Å²) in [6.45, 7) is 4.27. The topological polar surface area (TPSA) is 48.0 Å². The molecular formula is C17H19N5. The lowest BCUT2D eigenvalue weighted by Gasteiger charge is -2.33. The van der Waals surface area contributed by atoms with Crippen LogP contribution in [0.5, 0.6) is 0 Å². The van der Waals surface area contributed by atoms with Crippen molar-refractivity contribution in [2.24, 2.45) is 0 Å². The monoisotopic (exact) mass is 293 g/mol. The molecule has 3 aromatic heterocycles. The van der Waals surface area contributed by atoms with E-state index in [0.29, 0.717) is 0 Å². The number of anilines is 1. The first-order valence-electron chi connectivity index (χ1n) is 7.63. The molecule has 4 heterocycles. The van der Waals surface area contributed by atoms with Crippen molar-refractivity contribution in [2.45, 2.75) is 0 Å². The maximum Gasteiger partial charge on any atom is 0.137 e. The lowest BCUT2D eigenvalue weighted by Crippen LogP contribution is -2.44. The summed E-state index contributed by atoms with van der Waals surface area (Å²) in [6.07, 6.45) is 3.75. The first-order valence-corrected chi connectivity index (χ1v) is 7.63. The van der Waals surface area contributed by atoms with Gasteiger partial charge in [0.05, 0.1) is 0 Å². The summed E-state index contributed by atoms with van der Waals surface area (Å²) in [7, 11) is 2.16. The minimum atomic E-state index is 0.917. The first-order chi connectivity index (χ1) is 10.8. The van der Waals surface area contributed by atoms with Crippen molar-refractivity contribution in [3.05, 3.63) is 42.7 Å². The number of rotatable bonds is 2. The van der Waals surface area contributed by atoms with Gasteiger partial charge in [0.25, 0.3) is 0 Å². The number of piperazine rings is 1. The molecule has 1 aliphatic heterocycles. The van der Waals surface area contributed by atoms with E-state index in [0.717, 1.165) is 54.3 Å². The Labute approximate surface area is 129 Å². The van der Waals surface area contributed by atoms with Gasteiger partial charge in [-0.2, -0.15) is 0 Å². The highest BCUT2D eigenvalue weighted by Crippen LogP contribution is 2.24. The van der Waals surface area contributed by atoms with Crippen molar-refractivity contribution in [3.8, 4) is 11.3 Å². The lowest BCUT2D eigenvalue weighted by atomic mass is 10.2. The number of hydrogen-bond acceptors (Lipinski definition) is 4. The fraction of sp³-hybridized carbons (Fsp3) is 0.294. The Hall–Kier alpha value is -2.40. The summed E-state index contributed by atoms with van der Waals surface area (Å²) in [5, 5.41) is 1.13. The molecule has 5 nitrogen and oxygen atoms in total. The van der Waals surface area contributed by atoms with Crippen LogP contribution in [0.15, 0.2) is 42.7 Å². The number of nitrogens with zero attached hydrogens (tertiary/aromatic N) is 4. The van der Waals surface area contributed by atoms with E-state index in [1.54, 1.807) is 6.20 Å². The normalized spacial score (nSPS) is 16.3. The Kier molecular flexibility index (Phi) is 3.27. The molecule has 0 amide bonds. The first kappa shape index (κ1) is 13.3. The molecule has 0 unspecified atom stereocenters. The second-order valence-corrected chi connectivity index (χ2v) is 5.82. The minimum Gasteiger partial charge on any atom is -0.354 e. The Morgan fingerprint density at radius 1 is 1.05 bits per heavy atom. The number of aromatic nitrogens is 3. The highest BCUT2D eigenvalue weighted by molar-refractivity contribution is 5.82. The summed E-state index contributed by atoms with van der Waals surface area (Å²) in [5.74, 6) is 1.06. The molecule has 112 valence electrons. The van der Waals surface area contributed by atoms with Crippen LogP contribution in [-0.4, -0.2) is 53.1 Å². The van der Waals surface area contributed by atoms with E-state index in [2.05, 4.69) is 56.1 Å². The smallest absolute Gasteiger partial charge is 0.137 e. The summed E-state index contributed by atoms with van der Waals surface area (Å²) in [5.41, 5.74) is 3.07. The largest absolute Gasteiger partial charge is 0.354 e. The molecule has 0 bridgehead atoms. The van der Waals surface area contributed by atoms with Crippen LogP contribution in [0.1, 0.15) is 0 Å². The number of pyridine rings is 2. The number of likely N-dealkylation sites (N-methyl/N-ethyl adjacent to an activating group) is 1. The van der Waals surface area contributed by atoms with Crippen LogP contribution in [0.4, 0.5) is 5.82 Å². The Bertz CT molecular complexity index is 736. The van der Waals surface area contributed by atoms with E-state index in [1.807, 2.05) is 12.3 Å². The maximum atomic E-state index is 4.64. The van der Waals surface area contributed by atoms with Gasteiger partial charge in [-0.15, -0.1) is 0 Å². The highest BCUT2D eigenvalue weighted by atomic mass is 15.3. The third-order valence-electron chi connectivity index (χ3n) is 4.28. The zero-order valence-electron chi connectivity index (χ0n) is 12.7. The molecule has 1 saturated heterocycles. The van der Waals surface area contributed by atoms with E-state index < -0.39 is 0 Å². The number of fused-ring (bicyclic) bond motifs is 1. The van der Waals surface area contributed by atoms with Gasteiger partial charge in [-0.05, 0) is 37.4 Å². The van der Waals surface area contributed by atoms with Gasteiger partial charge in [0.1, 0.15) is 11.5 Å². The van der Waals surface area contributed by atoms with Crippen molar-refractivity contribution < 1.29 is 0 Å². The Balaban J connectivity index is 1.58. The SMILES string of the molecule is CN1CCN(c2ccc(-c3cc4cccnc4[nH]3)cn2)CC1. The predicted molar refractivity (Wildman–Crippen MR) is 89.0 cm³/mol. The lowest BCUT2D eigenvalue weighted by molar-refractivity contribution is 0.312. The van der Waals surface area contributed by atoms with E-state index in [9.17, 15) is 0 Å². The van der Waals surface area contributed by atoms with E-state index >= 15 is 0 Å². The standard InChI is InChI=1S/C17H19N5/c1-21-7-9-22(10-8-21)16-5-4-14(12-19-16)15-11-13-3-2-6-18-17(13)20-15/h2-6,11-12H,7-10H2,1H3,(H,18,20). The average Bonchev–Trinajstić information content (AvgIpc) is 3.00. The molecule has 3 aromatic rings. The van der Waals surface area contributed by atoms with Gasteiger partial charge in [-0.1, -0.05) is 0 Å². The van der Waals surface area contributed by atoms with Gasteiger partial charge in [0.2, 0.25) is 0 Å². The van der Waals surface area contributed by atoms with Gasteiger partial charge in [0.15, 0.2) is 0 Å². The Morgan fingerprint density at radius 2 is 1.91 bits per heavy atom. The van der Waals surface area contributed by atoms with Crippen LogP contribution in [0, 0.1) is 0 Å². The third-order valence-corrected chi connectivity index (χ3v) is 4.28. The molecule has 0 radical (unpaired) electrons. The molecule has 22 heavy (non-hydrogen) atoms. The van der Waals surface area contributed by atoms with E-state index in [4.69, 9.17) is 0 Å². The Morgan fingerprint density at radius 3 is 2.64 bits per heavy atom. The maximum absolute atomic E-state index is 4.64. The van der Waals surface area contributed by atoms with Crippen molar-refractivity contribution in [2.75, 3.05) is 38.1 Å². The van der Waals surface area contributed by atoms with E-state index in [-0.39, 0.29) is 0 Å². The van der Waals surface area contributed by atoms with Crippen molar-refractivity contribution >= 4 is 16.9 Å². The molecule has 0 spiro atoms. The molecule has 0 aliphatic carbocycles. The van der Waals surface area contributed by atoms with Gasteiger partial charge in [-0.3, -0.25) is 0 Å². The van der Waals surface area contributed by atoms with Gasteiger partial charge >= 0.3 is 0 Å². The van der Waals surface area contributed by atoms with E-state index in [1.165, 1.54) is 0 Å².